The van der Waals surface area contributed by atoms with E-state index in [0.29, 0.717) is 5.41 Å². The number of amides is 1. The number of carbonyl (C=O) groups excluding carboxylic acids is 1. The summed E-state index contributed by atoms with van der Waals surface area (Å²) in [5.41, 5.74) is 5.03. The van der Waals surface area contributed by atoms with Crippen molar-refractivity contribution in [1.82, 2.24) is 10.3 Å². The molecule has 1 heterocycles. The third-order valence-electron chi connectivity index (χ3n) is 8.66. The van der Waals surface area contributed by atoms with E-state index in [0.717, 1.165) is 45.5 Å². The van der Waals surface area contributed by atoms with Crippen molar-refractivity contribution in [3.8, 4) is 11.3 Å². The van der Waals surface area contributed by atoms with Crippen LogP contribution in [0.2, 0.25) is 0 Å². The van der Waals surface area contributed by atoms with Crippen LogP contribution in [0.5, 0.6) is 0 Å². The minimum atomic E-state index is 0.0419. The molecule has 3 heteroatoms. The Morgan fingerprint density at radius 1 is 0.969 bits per heavy atom. The van der Waals surface area contributed by atoms with E-state index in [1.807, 2.05) is 30.3 Å². The summed E-state index contributed by atoms with van der Waals surface area (Å²) in [6.45, 7) is 4.34. The first kappa shape index (κ1) is 20.0. The molecule has 4 aliphatic rings. The molecule has 4 saturated carbocycles. The van der Waals surface area contributed by atoms with Crippen LogP contribution in [0.15, 0.2) is 54.6 Å². The molecule has 0 radical (unpaired) electrons. The highest BCUT2D eigenvalue weighted by Crippen LogP contribution is 2.61. The van der Waals surface area contributed by atoms with Gasteiger partial charge in [-0.3, -0.25) is 4.79 Å². The molecule has 4 fully saturated rings. The van der Waals surface area contributed by atoms with E-state index in [1.54, 1.807) is 0 Å². The average molecular weight is 425 g/mol. The summed E-state index contributed by atoms with van der Waals surface area (Å²) in [5, 5.41) is 4.40. The zero-order chi connectivity index (χ0) is 21.9. The zero-order valence-corrected chi connectivity index (χ0v) is 19.1. The van der Waals surface area contributed by atoms with E-state index in [4.69, 9.17) is 4.98 Å². The summed E-state index contributed by atoms with van der Waals surface area (Å²) >= 11 is 0. The number of aryl methyl sites for hydroxylation is 1. The first-order valence-electron chi connectivity index (χ1n) is 12.3. The summed E-state index contributed by atoms with van der Waals surface area (Å²) in [6.07, 6.45) is 8.17. The van der Waals surface area contributed by atoms with E-state index in [1.165, 1.54) is 44.1 Å². The van der Waals surface area contributed by atoms with Gasteiger partial charge in [-0.25, -0.2) is 4.98 Å². The maximum absolute atomic E-state index is 13.7. The van der Waals surface area contributed by atoms with Crippen LogP contribution >= 0.6 is 0 Å². The number of pyridine rings is 1. The van der Waals surface area contributed by atoms with Crippen LogP contribution in [-0.2, 0) is 0 Å². The number of carbonyl (C=O) groups is 1. The highest BCUT2D eigenvalue weighted by molar-refractivity contribution is 6.07. The van der Waals surface area contributed by atoms with Gasteiger partial charge in [-0.2, -0.15) is 0 Å². The Morgan fingerprint density at radius 2 is 1.59 bits per heavy atom. The van der Waals surface area contributed by atoms with Crippen LogP contribution in [0, 0.1) is 30.1 Å². The van der Waals surface area contributed by atoms with Gasteiger partial charge in [0.25, 0.3) is 5.91 Å². The van der Waals surface area contributed by atoms with Crippen molar-refractivity contribution in [2.75, 3.05) is 0 Å². The number of nitrogens with zero attached hydrogens (tertiary/aromatic N) is 1. The molecule has 32 heavy (non-hydrogen) atoms. The first-order chi connectivity index (χ1) is 15.5. The summed E-state index contributed by atoms with van der Waals surface area (Å²) in [4.78, 5) is 18.5. The van der Waals surface area contributed by atoms with Crippen molar-refractivity contribution >= 4 is 16.8 Å². The van der Waals surface area contributed by atoms with Crippen LogP contribution in [0.25, 0.3) is 22.2 Å². The molecule has 0 saturated heterocycles. The Morgan fingerprint density at radius 3 is 2.25 bits per heavy atom. The molecule has 3 aromatic rings. The van der Waals surface area contributed by atoms with Crippen LogP contribution in [0.1, 0.15) is 61.4 Å². The monoisotopic (exact) mass is 424 g/mol. The minimum Gasteiger partial charge on any atom is -0.349 e. The quantitative estimate of drug-likeness (QED) is 0.516. The maximum Gasteiger partial charge on any atom is 0.252 e. The molecule has 1 aromatic heterocycles. The summed E-state index contributed by atoms with van der Waals surface area (Å²) < 4.78 is 0. The summed E-state index contributed by atoms with van der Waals surface area (Å²) in [5.74, 6) is 2.70. The highest BCUT2D eigenvalue weighted by Gasteiger charge is 2.53. The number of aromatic nitrogens is 1. The molecule has 7 rings (SSSR count). The SMILES string of the molecule is Cc1ccc(-c2cc(C(=O)NC(C)C34CC5CC(CC(C5)C3)C4)c3ccccc3n2)cc1. The lowest BCUT2D eigenvalue weighted by molar-refractivity contribution is -0.0687. The fourth-order valence-electron chi connectivity index (χ4n) is 7.37. The van der Waals surface area contributed by atoms with Gasteiger partial charge < -0.3 is 5.32 Å². The van der Waals surface area contributed by atoms with Crippen molar-refractivity contribution in [2.24, 2.45) is 23.2 Å². The fraction of sp³-hybridized carbons (Fsp3) is 0.448. The van der Waals surface area contributed by atoms with Crippen molar-refractivity contribution in [1.29, 1.82) is 0 Å². The zero-order valence-electron chi connectivity index (χ0n) is 19.1. The number of benzene rings is 2. The van der Waals surface area contributed by atoms with Crippen molar-refractivity contribution in [3.05, 3.63) is 65.7 Å². The second-order valence-electron chi connectivity index (χ2n) is 10.9. The Balaban J connectivity index is 1.33. The van der Waals surface area contributed by atoms with E-state index in [-0.39, 0.29) is 11.9 Å². The molecular formula is C29H32N2O. The van der Waals surface area contributed by atoms with E-state index in [9.17, 15) is 4.79 Å². The van der Waals surface area contributed by atoms with Crippen LogP contribution in [0.4, 0.5) is 0 Å². The summed E-state index contributed by atoms with van der Waals surface area (Å²) in [7, 11) is 0. The lowest BCUT2D eigenvalue weighted by atomic mass is 9.48. The number of rotatable bonds is 4. The lowest BCUT2D eigenvalue weighted by Crippen LogP contribution is -2.55. The Kier molecular flexibility index (Phi) is 4.64. The normalized spacial score (nSPS) is 29.2. The molecule has 1 amide bonds. The molecule has 0 aliphatic heterocycles. The number of fused-ring (bicyclic) bond motifs is 1. The largest absolute Gasteiger partial charge is 0.349 e. The Bertz CT molecular complexity index is 1140. The molecule has 4 aliphatic carbocycles. The average Bonchev–Trinajstić information content (AvgIpc) is 2.78. The maximum atomic E-state index is 13.7. The van der Waals surface area contributed by atoms with Gasteiger partial charge in [0.15, 0.2) is 0 Å². The molecule has 2 aromatic carbocycles. The van der Waals surface area contributed by atoms with Gasteiger partial charge >= 0.3 is 0 Å². The molecular weight excluding hydrogens is 392 g/mol. The topological polar surface area (TPSA) is 42.0 Å². The summed E-state index contributed by atoms with van der Waals surface area (Å²) in [6, 6.07) is 18.6. The van der Waals surface area contributed by atoms with Crippen LogP contribution in [0.3, 0.4) is 0 Å². The third-order valence-corrected chi connectivity index (χ3v) is 8.66. The highest BCUT2D eigenvalue weighted by atomic mass is 16.1. The molecule has 0 spiro atoms. The Labute approximate surface area is 190 Å². The van der Waals surface area contributed by atoms with Gasteiger partial charge in [0.05, 0.1) is 16.8 Å². The van der Waals surface area contributed by atoms with Gasteiger partial charge in [0, 0.05) is 17.0 Å². The number of hydrogen-bond acceptors (Lipinski definition) is 2. The van der Waals surface area contributed by atoms with Crippen molar-refractivity contribution in [2.45, 2.75) is 58.4 Å². The van der Waals surface area contributed by atoms with Crippen molar-refractivity contribution in [3.63, 3.8) is 0 Å². The van der Waals surface area contributed by atoms with Crippen LogP contribution in [-0.4, -0.2) is 16.9 Å². The van der Waals surface area contributed by atoms with E-state index >= 15 is 0 Å². The molecule has 3 nitrogen and oxygen atoms in total. The molecule has 164 valence electrons. The van der Waals surface area contributed by atoms with Gasteiger partial charge in [-0.15, -0.1) is 0 Å². The van der Waals surface area contributed by atoms with Gasteiger partial charge in [-0.1, -0.05) is 48.0 Å². The standard InChI is InChI=1S/C29H32N2O/c1-18-7-9-23(10-8-18)27-14-25(24-5-3-4-6-26(24)31-27)28(32)30-19(2)29-15-20-11-21(16-29)13-22(12-20)17-29/h3-10,14,19-22H,11-13,15-17H2,1-2H3,(H,30,32). The first-order valence-corrected chi connectivity index (χ1v) is 12.3. The van der Waals surface area contributed by atoms with Gasteiger partial charge in [-0.05, 0) is 87.7 Å². The van der Waals surface area contributed by atoms with Crippen LogP contribution < -0.4 is 5.32 Å². The fourth-order valence-corrected chi connectivity index (χ4v) is 7.37. The predicted molar refractivity (Wildman–Crippen MR) is 129 cm³/mol. The number of hydrogen-bond donors (Lipinski definition) is 1. The predicted octanol–water partition coefficient (Wildman–Crippen LogP) is 6.54. The second kappa shape index (κ2) is 7.43. The third kappa shape index (κ3) is 3.34. The number of para-hydroxylation sites is 1. The van der Waals surface area contributed by atoms with Gasteiger partial charge in [0.2, 0.25) is 0 Å². The van der Waals surface area contributed by atoms with Crippen molar-refractivity contribution < 1.29 is 4.79 Å². The minimum absolute atomic E-state index is 0.0419. The molecule has 1 atom stereocenters. The Hall–Kier alpha value is -2.68. The van der Waals surface area contributed by atoms with E-state index < -0.39 is 0 Å². The lowest BCUT2D eigenvalue weighted by Gasteiger charge is -2.59. The second-order valence-corrected chi connectivity index (χ2v) is 10.9. The molecule has 1 unspecified atom stereocenters. The molecule has 1 N–H and O–H groups in total. The van der Waals surface area contributed by atoms with Gasteiger partial charge in [0.1, 0.15) is 0 Å². The molecule has 4 bridgehead atoms. The smallest absolute Gasteiger partial charge is 0.252 e. The number of nitrogens with one attached hydrogen (secondary N) is 1. The van der Waals surface area contributed by atoms with E-state index in [2.05, 4.69) is 43.4 Å².